The Bertz CT molecular complexity index is 1030. The molecule has 3 rings (SSSR count). The lowest BCUT2D eigenvalue weighted by atomic mass is 10.2. The summed E-state index contributed by atoms with van der Waals surface area (Å²) in [6.45, 7) is 1.35. The van der Waals surface area contributed by atoms with Crippen molar-refractivity contribution in [3.05, 3.63) is 58.9 Å². The average molecular weight is 432 g/mol. The van der Waals surface area contributed by atoms with Gasteiger partial charge >= 0.3 is 0 Å². The third-order valence-electron chi connectivity index (χ3n) is 4.50. The molecule has 0 saturated heterocycles. The quantitative estimate of drug-likeness (QED) is 0.671. The summed E-state index contributed by atoms with van der Waals surface area (Å²) in [5.74, 6) is -0.633. The van der Waals surface area contributed by atoms with Crippen LogP contribution in [0.3, 0.4) is 0 Å². The fraction of sp³-hybridized carbons (Fsp3) is 0.333. The molecule has 0 atom stereocenters. The minimum atomic E-state index is -3.93. The van der Waals surface area contributed by atoms with E-state index in [0.29, 0.717) is 12.8 Å². The molecular formula is C18H19ClFNO4S2. The van der Waals surface area contributed by atoms with E-state index in [2.05, 4.69) is 0 Å². The number of rotatable bonds is 7. The van der Waals surface area contributed by atoms with Crippen molar-refractivity contribution in [1.29, 1.82) is 0 Å². The molecule has 1 aliphatic carbocycles. The van der Waals surface area contributed by atoms with E-state index in [-0.39, 0.29) is 38.7 Å². The number of sulfone groups is 1. The number of benzene rings is 2. The molecule has 1 fully saturated rings. The molecule has 27 heavy (non-hydrogen) atoms. The normalized spacial score (nSPS) is 15.3. The number of nitrogens with zero attached hydrogens (tertiary/aromatic N) is 1. The van der Waals surface area contributed by atoms with Crippen molar-refractivity contribution in [2.75, 3.05) is 5.75 Å². The van der Waals surface area contributed by atoms with Crippen molar-refractivity contribution >= 4 is 31.5 Å². The number of hydrogen-bond acceptors (Lipinski definition) is 4. The third kappa shape index (κ3) is 4.18. The van der Waals surface area contributed by atoms with Crippen LogP contribution in [0.25, 0.3) is 0 Å². The Balaban J connectivity index is 1.96. The van der Waals surface area contributed by atoms with Gasteiger partial charge in [-0.15, -0.1) is 0 Å². The Morgan fingerprint density at radius 2 is 1.63 bits per heavy atom. The topological polar surface area (TPSA) is 71.5 Å². The lowest BCUT2D eigenvalue weighted by Crippen LogP contribution is -2.33. The molecule has 1 aliphatic rings. The third-order valence-corrected chi connectivity index (χ3v) is 8.52. The van der Waals surface area contributed by atoms with Gasteiger partial charge in [0.15, 0.2) is 9.84 Å². The molecule has 0 unspecified atom stereocenters. The summed E-state index contributed by atoms with van der Waals surface area (Å²) in [5.41, 5.74) is 0.125. The van der Waals surface area contributed by atoms with Crippen LogP contribution in [0.15, 0.2) is 52.3 Å². The van der Waals surface area contributed by atoms with Crippen LogP contribution in [-0.2, 0) is 26.4 Å². The van der Waals surface area contributed by atoms with Crippen LogP contribution in [0.4, 0.5) is 4.39 Å². The van der Waals surface area contributed by atoms with Crippen LogP contribution in [0.5, 0.6) is 0 Å². The molecule has 0 aliphatic heterocycles. The number of sulfonamides is 1. The molecule has 2 aromatic carbocycles. The molecule has 0 aromatic heterocycles. The second-order valence-electron chi connectivity index (χ2n) is 6.36. The monoisotopic (exact) mass is 431 g/mol. The first-order valence-electron chi connectivity index (χ1n) is 8.44. The number of halogens is 2. The minimum absolute atomic E-state index is 0.0306. The lowest BCUT2D eigenvalue weighted by molar-refractivity contribution is 0.391. The molecule has 0 radical (unpaired) electrons. The van der Waals surface area contributed by atoms with E-state index in [0.717, 1.165) is 0 Å². The van der Waals surface area contributed by atoms with E-state index in [1.165, 1.54) is 53.7 Å². The highest BCUT2D eigenvalue weighted by atomic mass is 35.5. The fourth-order valence-electron chi connectivity index (χ4n) is 2.73. The highest BCUT2D eigenvalue weighted by molar-refractivity contribution is 7.91. The van der Waals surface area contributed by atoms with Gasteiger partial charge < -0.3 is 0 Å². The average Bonchev–Trinajstić information content (AvgIpc) is 3.46. The van der Waals surface area contributed by atoms with Crippen molar-refractivity contribution in [2.45, 2.75) is 42.1 Å². The van der Waals surface area contributed by atoms with Crippen LogP contribution in [0.2, 0.25) is 5.02 Å². The Kier molecular flexibility index (Phi) is 5.63. The number of hydrogen-bond donors (Lipinski definition) is 0. The van der Waals surface area contributed by atoms with Gasteiger partial charge in [-0.3, -0.25) is 0 Å². The molecule has 146 valence electrons. The summed E-state index contributed by atoms with van der Waals surface area (Å²) >= 11 is 6.05. The van der Waals surface area contributed by atoms with Gasteiger partial charge in [0.1, 0.15) is 5.82 Å². The van der Waals surface area contributed by atoms with Gasteiger partial charge in [-0.05, 0) is 49.2 Å². The van der Waals surface area contributed by atoms with Crippen molar-refractivity contribution in [3.63, 3.8) is 0 Å². The van der Waals surface area contributed by atoms with Gasteiger partial charge in [0.05, 0.1) is 15.5 Å². The Morgan fingerprint density at radius 1 is 1.04 bits per heavy atom. The van der Waals surface area contributed by atoms with Gasteiger partial charge in [-0.25, -0.2) is 21.2 Å². The Hall–Kier alpha value is -1.48. The van der Waals surface area contributed by atoms with E-state index in [9.17, 15) is 21.2 Å². The SMILES string of the molecule is CCS(=O)(=O)c1ccc(S(=O)(=O)N(Cc2c(F)cccc2Cl)C2CC2)cc1. The zero-order valence-electron chi connectivity index (χ0n) is 14.6. The second kappa shape index (κ2) is 7.50. The first-order chi connectivity index (χ1) is 12.7. The molecule has 0 N–H and O–H groups in total. The molecule has 2 aromatic rings. The smallest absolute Gasteiger partial charge is 0.224 e. The summed E-state index contributed by atoms with van der Waals surface area (Å²) in [7, 11) is -7.35. The van der Waals surface area contributed by atoms with Crippen molar-refractivity contribution in [3.8, 4) is 0 Å². The van der Waals surface area contributed by atoms with Crippen LogP contribution in [0.1, 0.15) is 25.3 Å². The zero-order valence-corrected chi connectivity index (χ0v) is 17.0. The van der Waals surface area contributed by atoms with E-state index in [4.69, 9.17) is 11.6 Å². The summed E-state index contributed by atoms with van der Waals surface area (Å²) < 4.78 is 65.4. The Labute approximate surface area is 163 Å². The maximum atomic E-state index is 14.1. The van der Waals surface area contributed by atoms with E-state index in [1.807, 2.05) is 0 Å². The van der Waals surface area contributed by atoms with Gasteiger partial charge in [-0.1, -0.05) is 24.6 Å². The molecule has 0 heterocycles. The molecule has 0 bridgehead atoms. The van der Waals surface area contributed by atoms with Crippen LogP contribution >= 0.6 is 11.6 Å². The van der Waals surface area contributed by atoms with Crippen LogP contribution in [0, 0.1) is 5.82 Å². The van der Waals surface area contributed by atoms with Crippen LogP contribution in [-0.4, -0.2) is 32.9 Å². The zero-order chi connectivity index (χ0) is 19.8. The summed E-state index contributed by atoms with van der Waals surface area (Å²) in [4.78, 5) is 0.0379. The van der Waals surface area contributed by atoms with E-state index >= 15 is 0 Å². The van der Waals surface area contributed by atoms with Crippen LogP contribution < -0.4 is 0 Å². The lowest BCUT2D eigenvalue weighted by Gasteiger charge is -2.23. The predicted octanol–water partition coefficient (Wildman–Crippen LogP) is 3.63. The summed E-state index contributed by atoms with van der Waals surface area (Å²) in [6.07, 6.45) is 1.38. The van der Waals surface area contributed by atoms with Gasteiger partial charge in [-0.2, -0.15) is 4.31 Å². The van der Waals surface area contributed by atoms with Crippen molar-refractivity contribution < 1.29 is 21.2 Å². The highest BCUT2D eigenvalue weighted by Gasteiger charge is 2.39. The molecule has 1 saturated carbocycles. The van der Waals surface area contributed by atoms with Gasteiger partial charge in [0, 0.05) is 23.2 Å². The second-order valence-corrected chi connectivity index (χ2v) is 10.9. The van der Waals surface area contributed by atoms with E-state index < -0.39 is 25.7 Å². The standard InChI is InChI=1S/C18H19ClFNO4S2/c1-2-26(22,23)14-8-10-15(11-9-14)27(24,25)21(13-6-7-13)12-16-17(19)4-3-5-18(16)20/h3-5,8-11,13H,2,6-7,12H2,1H3. The highest BCUT2D eigenvalue weighted by Crippen LogP contribution is 2.35. The van der Waals surface area contributed by atoms with Crippen molar-refractivity contribution in [1.82, 2.24) is 4.31 Å². The maximum Gasteiger partial charge on any atom is 0.243 e. The Morgan fingerprint density at radius 3 is 2.15 bits per heavy atom. The molecule has 0 spiro atoms. The maximum absolute atomic E-state index is 14.1. The molecule has 0 amide bonds. The fourth-order valence-corrected chi connectivity index (χ4v) is 5.49. The van der Waals surface area contributed by atoms with E-state index in [1.54, 1.807) is 0 Å². The summed E-state index contributed by atoms with van der Waals surface area (Å²) in [5, 5.41) is 0.167. The molecule has 9 heteroatoms. The van der Waals surface area contributed by atoms with Gasteiger partial charge in [0.2, 0.25) is 10.0 Å². The summed E-state index contributed by atoms with van der Waals surface area (Å²) in [6, 6.07) is 9.12. The van der Waals surface area contributed by atoms with Crippen molar-refractivity contribution in [2.24, 2.45) is 0 Å². The first-order valence-corrected chi connectivity index (χ1v) is 11.9. The largest absolute Gasteiger partial charge is 0.243 e. The van der Waals surface area contributed by atoms with Gasteiger partial charge in [0.25, 0.3) is 0 Å². The first kappa shape index (κ1) is 20.3. The minimum Gasteiger partial charge on any atom is -0.224 e. The molecule has 5 nitrogen and oxygen atoms in total. The predicted molar refractivity (Wildman–Crippen MR) is 101 cm³/mol. The molecular weight excluding hydrogens is 413 g/mol.